The SMILES string of the molecule is CS(=O)(=O)N1CCC(COc2ncc(-c3cccc(CO)c3F)cn2)CC1. The monoisotopic (exact) mass is 395 g/mol. The summed E-state index contributed by atoms with van der Waals surface area (Å²) >= 11 is 0. The van der Waals surface area contributed by atoms with E-state index in [0.717, 1.165) is 12.8 Å². The molecule has 1 saturated heterocycles. The summed E-state index contributed by atoms with van der Waals surface area (Å²) in [7, 11) is -3.13. The van der Waals surface area contributed by atoms with Crippen molar-refractivity contribution in [1.29, 1.82) is 0 Å². The first-order valence-electron chi connectivity index (χ1n) is 8.67. The maximum atomic E-state index is 14.3. The average molecular weight is 395 g/mol. The minimum absolute atomic E-state index is 0.197. The molecule has 7 nitrogen and oxygen atoms in total. The first-order valence-corrected chi connectivity index (χ1v) is 10.5. The smallest absolute Gasteiger partial charge is 0.316 e. The van der Waals surface area contributed by atoms with E-state index in [4.69, 9.17) is 9.84 Å². The van der Waals surface area contributed by atoms with Crippen LogP contribution in [0, 0.1) is 11.7 Å². The molecule has 1 aliphatic rings. The van der Waals surface area contributed by atoms with E-state index in [1.165, 1.54) is 29.0 Å². The fourth-order valence-corrected chi connectivity index (χ4v) is 3.93. The van der Waals surface area contributed by atoms with Crippen LogP contribution in [0.15, 0.2) is 30.6 Å². The zero-order valence-corrected chi connectivity index (χ0v) is 15.8. The molecular weight excluding hydrogens is 373 g/mol. The van der Waals surface area contributed by atoms with Gasteiger partial charge in [0.15, 0.2) is 0 Å². The third-order valence-corrected chi connectivity index (χ3v) is 5.98. The summed E-state index contributed by atoms with van der Waals surface area (Å²) in [4.78, 5) is 8.24. The van der Waals surface area contributed by atoms with Gasteiger partial charge in [0.05, 0.1) is 19.5 Å². The maximum Gasteiger partial charge on any atom is 0.316 e. The summed E-state index contributed by atoms with van der Waals surface area (Å²) in [6.45, 7) is 1.02. The Labute approximate surface area is 157 Å². The summed E-state index contributed by atoms with van der Waals surface area (Å²) in [6, 6.07) is 4.98. The number of benzene rings is 1. The van der Waals surface area contributed by atoms with Crippen molar-refractivity contribution in [2.24, 2.45) is 5.92 Å². The second-order valence-electron chi connectivity index (χ2n) is 6.61. The lowest BCUT2D eigenvalue weighted by Crippen LogP contribution is -2.39. The lowest BCUT2D eigenvalue weighted by molar-refractivity contribution is 0.176. The molecule has 0 amide bonds. The van der Waals surface area contributed by atoms with Crippen molar-refractivity contribution in [3.8, 4) is 17.1 Å². The van der Waals surface area contributed by atoms with Crippen LogP contribution in [0.3, 0.4) is 0 Å². The second kappa shape index (κ2) is 8.28. The number of piperidine rings is 1. The van der Waals surface area contributed by atoms with E-state index in [9.17, 15) is 12.8 Å². The lowest BCUT2D eigenvalue weighted by atomic mass is 9.99. The zero-order valence-electron chi connectivity index (χ0n) is 15.0. The Hall–Kier alpha value is -2.10. The third kappa shape index (κ3) is 4.79. The van der Waals surface area contributed by atoms with Gasteiger partial charge in [-0.3, -0.25) is 0 Å². The number of ether oxygens (including phenoxy) is 1. The predicted octanol–water partition coefficient (Wildman–Crippen LogP) is 1.83. The van der Waals surface area contributed by atoms with Gasteiger partial charge in [0.1, 0.15) is 5.82 Å². The molecule has 9 heteroatoms. The fraction of sp³-hybridized carbons (Fsp3) is 0.444. The van der Waals surface area contributed by atoms with Crippen LogP contribution in [0.25, 0.3) is 11.1 Å². The molecule has 3 rings (SSSR count). The summed E-state index contributed by atoms with van der Waals surface area (Å²) in [5, 5.41) is 9.16. The van der Waals surface area contributed by atoms with Crippen LogP contribution in [0.2, 0.25) is 0 Å². The Morgan fingerprint density at radius 3 is 2.52 bits per heavy atom. The minimum atomic E-state index is -3.13. The largest absolute Gasteiger partial charge is 0.463 e. The van der Waals surface area contributed by atoms with Gasteiger partial charge in [-0.25, -0.2) is 27.1 Å². The Kier molecular flexibility index (Phi) is 6.03. The Bertz CT molecular complexity index is 882. The number of sulfonamides is 1. The highest BCUT2D eigenvalue weighted by Crippen LogP contribution is 2.25. The Balaban J connectivity index is 1.58. The summed E-state index contributed by atoms with van der Waals surface area (Å²) in [5.74, 6) is -0.250. The molecule has 1 N–H and O–H groups in total. The van der Waals surface area contributed by atoms with Gasteiger partial charge < -0.3 is 9.84 Å². The topological polar surface area (TPSA) is 92.6 Å². The molecule has 0 saturated carbocycles. The quantitative estimate of drug-likeness (QED) is 0.802. The van der Waals surface area contributed by atoms with Gasteiger partial charge in [-0.2, -0.15) is 0 Å². The van der Waals surface area contributed by atoms with Gasteiger partial charge in [0, 0.05) is 42.2 Å². The van der Waals surface area contributed by atoms with E-state index in [-0.39, 0.29) is 24.1 Å². The van der Waals surface area contributed by atoms with Crippen LogP contribution in [0.5, 0.6) is 6.01 Å². The van der Waals surface area contributed by atoms with Crippen molar-refractivity contribution < 1.29 is 22.7 Å². The Morgan fingerprint density at radius 1 is 1.26 bits per heavy atom. The molecule has 1 aliphatic heterocycles. The van der Waals surface area contributed by atoms with Crippen LogP contribution in [-0.2, 0) is 16.6 Å². The van der Waals surface area contributed by atoms with Gasteiger partial charge in [-0.15, -0.1) is 0 Å². The maximum absolute atomic E-state index is 14.3. The van der Waals surface area contributed by atoms with Gasteiger partial charge >= 0.3 is 6.01 Å². The molecule has 0 bridgehead atoms. The highest BCUT2D eigenvalue weighted by molar-refractivity contribution is 7.88. The second-order valence-corrected chi connectivity index (χ2v) is 8.59. The van der Waals surface area contributed by atoms with E-state index < -0.39 is 15.8 Å². The highest BCUT2D eigenvalue weighted by Gasteiger charge is 2.25. The molecule has 1 fully saturated rings. The zero-order chi connectivity index (χ0) is 19.4. The standard InChI is InChI=1S/C18H22FN3O4S/c1-27(24,25)22-7-5-13(6-8-22)12-26-18-20-9-15(10-21-18)16-4-2-3-14(11-23)17(16)19/h2-4,9-10,13,23H,5-8,11-12H2,1H3. The number of hydrogen-bond acceptors (Lipinski definition) is 6. The van der Waals surface area contributed by atoms with Gasteiger partial charge in [0.2, 0.25) is 10.0 Å². The van der Waals surface area contributed by atoms with Crippen molar-refractivity contribution in [3.63, 3.8) is 0 Å². The lowest BCUT2D eigenvalue weighted by Gasteiger charge is -2.29. The molecule has 0 radical (unpaired) electrons. The summed E-state index contributed by atoms with van der Waals surface area (Å²) < 4.78 is 44.4. The first-order chi connectivity index (χ1) is 12.9. The number of aromatic nitrogens is 2. The summed E-state index contributed by atoms with van der Waals surface area (Å²) in [6.07, 6.45) is 5.63. The van der Waals surface area contributed by atoms with E-state index in [2.05, 4.69) is 9.97 Å². The van der Waals surface area contributed by atoms with Crippen molar-refractivity contribution in [2.75, 3.05) is 26.0 Å². The number of nitrogens with zero attached hydrogens (tertiary/aromatic N) is 3. The molecule has 2 aromatic rings. The van der Waals surface area contributed by atoms with E-state index in [1.807, 2.05) is 0 Å². The van der Waals surface area contributed by atoms with Crippen molar-refractivity contribution in [3.05, 3.63) is 42.0 Å². The van der Waals surface area contributed by atoms with Crippen molar-refractivity contribution in [1.82, 2.24) is 14.3 Å². The van der Waals surface area contributed by atoms with E-state index >= 15 is 0 Å². The van der Waals surface area contributed by atoms with Gasteiger partial charge in [-0.1, -0.05) is 18.2 Å². The molecule has 0 aliphatic carbocycles. The van der Waals surface area contributed by atoms with E-state index in [0.29, 0.717) is 30.8 Å². The number of hydrogen-bond donors (Lipinski definition) is 1. The molecule has 0 atom stereocenters. The van der Waals surface area contributed by atoms with Gasteiger partial charge in [-0.05, 0) is 18.8 Å². The Morgan fingerprint density at radius 2 is 1.93 bits per heavy atom. The predicted molar refractivity (Wildman–Crippen MR) is 98.0 cm³/mol. The van der Waals surface area contributed by atoms with Crippen LogP contribution in [0.4, 0.5) is 4.39 Å². The van der Waals surface area contributed by atoms with Crippen LogP contribution >= 0.6 is 0 Å². The summed E-state index contributed by atoms with van der Waals surface area (Å²) in [5.41, 5.74) is 1.03. The van der Waals surface area contributed by atoms with Crippen LogP contribution in [0.1, 0.15) is 18.4 Å². The van der Waals surface area contributed by atoms with Gasteiger partial charge in [0.25, 0.3) is 0 Å². The van der Waals surface area contributed by atoms with Crippen molar-refractivity contribution >= 4 is 10.0 Å². The molecular formula is C18H22FN3O4S. The molecule has 27 heavy (non-hydrogen) atoms. The molecule has 1 aromatic carbocycles. The fourth-order valence-electron chi connectivity index (χ4n) is 3.05. The molecule has 0 unspecified atom stereocenters. The molecule has 146 valence electrons. The minimum Gasteiger partial charge on any atom is -0.463 e. The highest BCUT2D eigenvalue weighted by atomic mass is 32.2. The van der Waals surface area contributed by atoms with Crippen LogP contribution in [-0.4, -0.2) is 53.7 Å². The van der Waals surface area contributed by atoms with Crippen LogP contribution < -0.4 is 4.74 Å². The molecule has 0 spiro atoms. The number of aliphatic hydroxyl groups is 1. The normalized spacial score (nSPS) is 16.4. The van der Waals surface area contributed by atoms with Crippen molar-refractivity contribution in [2.45, 2.75) is 19.4 Å². The number of aliphatic hydroxyl groups excluding tert-OH is 1. The number of rotatable bonds is 6. The third-order valence-electron chi connectivity index (χ3n) is 4.68. The molecule has 1 aromatic heterocycles. The van der Waals surface area contributed by atoms with E-state index in [1.54, 1.807) is 12.1 Å². The molecule has 2 heterocycles. The number of halogens is 1. The first kappa shape index (κ1) is 19.7. The average Bonchev–Trinajstić information content (AvgIpc) is 2.67.